The number of hydrogen-bond donors (Lipinski definition) is 1. The number of methoxy groups -OCH3 is 1. The maximum absolute atomic E-state index is 11.2. The number of benzene rings is 1. The van der Waals surface area contributed by atoms with Gasteiger partial charge in [0.1, 0.15) is 11.4 Å². The molecule has 0 aliphatic carbocycles. The molecule has 0 saturated carbocycles. The van der Waals surface area contributed by atoms with E-state index < -0.39 is 5.97 Å². The van der Waals surface area contributed by atoms with Crippen LogP contribution in [0, 0.1) is 13.8 Å². The molecule has 6 nitrogen and oxygen atoms in total. The van der Waals surface area contributed by atoms with Gasteiger partial charge in [-0.15, -0.1) is 5.10 Å². The van der Waals surface area contributed by atoms with Gasteiger partial charge in [0.25, 0.3) is 0 Å². The fraction of sp³-hybridized carbons (Fsp3) is 0.308. The van der Waals surface area contributed by atoms with E-state index in [1.54, 1.807) is 14.2 Å². The highest BCUT2D eigenvalue weighted by molar-refractivity contribution is 5.93. The van der Waals surface area contributed by atoms with Gasteiger partial charge in [0, 0.05) is 12.6 Å². The monoisotopic (exact) mass is 261 g/mol. The first-order valence-corrected chi connectivity index (χ1v) is 5.74. The summed E-state index contributed by atoms with van der Waals surface area (Å²) in [5.41, 5.74) is 2.98. The van der Waals surface area contributed by atoms with Crippen LogP contribution in [0.1, 0.15) is 21.6 Å². The molecule has 100 valence electrons. The van der Waals surface area contributed by atoms with E-state index in [-0.39, 0.29) is 5.69 Å². The summed E-state index contributed by atoms with van der Waals surface area (Å²) in [5, 5.41) is 17.2. The average Bonchev–Trinajstić information content (AvgIpc) is 2.74. The van der Waals surface area contributed by atoms with E-state index >= 15 is 0 Å². The van der Waals surface area contributed by atoms with Crippen LogP contribution in [0.15, 0.2) is 12.1 Å². The summed E-state index contributed by atoms with van der Waals surface area (Å²) in [7, 11) is 3.13. The highest BCUT2D eigenvalue weighted by Crippen LogP contribution is 2.32. The third kappa shape index (κ3) is 2.29. The van der Waals surface area contributed by atoms with Crippen molar-refractivity contribution in [1.82, 2.24) is 15.0 Å². The normalized spacial score (nSPS) is 10.5. The third-order valence-corrected chi connectivity index (χ3v) is 2.99. The molecule has 0 bridgehead atoms. The molecule has 0 unspecified atom stereocenters. The van der Waals surface area contributed by atoms with Crippen molar-refractivity contribution in [1.29, 1.82) is 0 Å². The molecule has 0 aliphatic rings. The van der Waals surface area contributed by atoms with Crippen molar-refractivity contribution < 1.29 is 14.6 Å². The number of ether oxygens (including phenoxy) is 1. The summed E-state index contributed by atoms with van der Waals surface area (Å²) in [5.74, 6) is -0.519. The van der Waals surface area contributed by atoms with E-state index in [0.29, 0.717) is 17.0 Å². The Morgan fingerprint density at radius 2 is 1.89 bits per heavy atom. The molecule has 1 aromatic carbocycles. The quantitative estimate of drug-likeness (QED) is 0.911. The first kappa shape index (κ1) is 13.1. The maximum Gasteiger partial charge on any atom is 0.358 e. The molecule has 0 amide bonds. The smallest absolute Gasteiger partial charge is 0.358 e. The summed E-state index contributed by atoms with van der Waals surface area (Å²) in [4.78, 5) is 12.4. The van der Waals surface area contributed by atoms with Gasteiger partial charge >= 0.3 is 5.97 Å². The fourth-order valence-corrected chi connectivity index (χ4v) is 1.88. The zero-order valence-corrected chi connectivity index (χ0v) is 11.3. The Morgan fingerprint density at radius 3 is 2.47 bits per heavy atom. The number of carboxylic acid groups (broad SMARTS) is 1. The Bertz CT molecular complexity index is 647. The second-order valence-corrected chi connectivity index (χ2v) is 4.33. The average molecular weight is 261 g/mol. The molecule has 6 heteroatoms. The molecule has 19 heavy (non-hydrogen) atoms. The lowest BCUT2D eigenvalue weighted by atomic mass is 10.0. The van der Waals surface area contributed by atoms with E-state index in [2.05, 4.69) is 10.2 Å². The van der Waals surface area contributed by atoms with Gasteiger partial charge in [-0.25, -0.2) is 4.79 Å². The van der Waals surface area contributed by atoms with Gasteiger partial charge in [0.2, 0.25) is 0 Å². The molecule has 0 fully saturated rings. The standard InChI is InChI=1S/C13H15N3O3/c1-7-5-9(10(19-4)6-8(7)2)11-12(13(17)18)15-16(3)14-11/h5-6H,1-4H3,(H,17,18). The molecule has 0 spiro atoms. The largest absolute Gasteiger partial charge is 0.496 e. The molecule has 2 aromatic rings. The lowest BCUT2D eigenvalue weighted by molar-refractivity contribution is 0.0690. The van der Waals surface area contributed by atoms with E-state index in [0.717, 1.165) is 11.1 Å². The second-order valence-electron chi connectivity index (χ2n) is 4.33. The van der Waals surface area contributed by atoms with Crippen molar-refractivity contribution in [2.45, 2.75) is 13.8 Å². The lowest BCUT2D eigenvalue weighted by Crippen LogP contribution is -2.01. The molecule has 0 atom stereocenters. The number of aryl methyl sites for hydroxylation is 3. The van der Waals surface area contributed by atoms with Gasteiger partial charge in [-0.2, -0.15) is 9.90 Å². The Labute approximate surface area is 110 Å². The molecule has 1 aromatic heterocycles. The molecule has 1 heterocycles. The SMILES string of the molecule is COc1cc(C)c(C)cc1-c1nn(C)nc1C(=O)O. The van der Waals surface area contributed by atoms with Crippen molar-refractivity contribution in [2.24, 2.45) is 7.05 Å². The van der Waals surface area contributed by atoms with Crippen LogP contribution < -0.4 is 4.74 Å². The molecule has 2 rings (SSSR count). The Morgan fingerprint density at radius 1 is 1.26 bits per heavy atom. The van der Waals surface area contributed by atoms with Crippen molar-refractivity contribution in [3.05, 3.63) is 29.0 Å². The minimum Gasteiger partial charge on any atom is -0.496 e. The van der Waals surface area contributed by atoms with E-state index in [4.69, 9.17) is 4.74 Å². The fourth-order valence-electron chi connectivity index (χ4n) is 1.88. The van der Waals surface area contributed by atoms with Gasteiger partial charge in [0.05, 0.1) is 7.11 Å². The molecule has 0 radical (unpaired) electrons. The Hall–Kier alpha value is -2.37. The van der Waals surface area contributed by atoms with Crippen LogP contribution >= 0.6 is 0 Å². The topological polar surface area (TPSA) is 77.2 Å². The number of aromatic carboxylic acids is 1. The maximum atomic E-state index is 11.2. The number of hydrogen-bond acceptors (Lipinski definition) is 4. The lowest BCUT2D eigenvalue weighted by Gasteiger charge is -2.10. The highest BCUT2D eigenvalue weighted by Gasteiger charge is 2.21. The third-order valence-electron chi connectivity index (χ3n) is 2.99. The Balaban J connectivity index is 2.71. The predicted molar refractivity (Wildman–Crippen MR) is 69.4 cm³/mol. The summed E-state index contributed by atoms with van der Waals surface area (Å²) >= 11 is 0. The molecular weight excluding hydrogens is 246 g/mol. The van der Waals surface area contributed by atoms with Gasteiger partial charge < -0.3 is 9.84 Å². The van der Waals surface area contributed by atoms with Crippen LogP contribution in [0.2, 0.25) is 0 Å². The Kier molecular flexibility index (Phi) is 3.25. The van der Waals surface area contributed by atoms with Crippen molar-refractivity contribution in [3.63, 3.8) is 0 Å². The predicted octanol–water partition coefficient (Wildman–Crippen LogP) is 1.81. The molecule has 0 aliphatic heterocycles. The molecular formula is C13H15N3O3. The van der Waals surface area contributed by atoms with Crippen LogP contribution in [-0.2, 0) is 7.05 Å². The van der Waals surface area contributed by atoms with Crippen LogP contribution in [0.5, 0.6) is 5.75 Å². The van der Waals surface area contributed by atoms with Gasteiger partial charge in [-0.05, 0) is 37.1 Å². The van der Waals surface area contributed by atoms with Crippen molar-refractivity contribution in [2.75, 3.05) is 7.11 Å². The van der Waals surface area contributed by atoms with E-state index in [9.17, 15) is 9.90 Å². The number of nitrogens with zero attached hydrogens (tertiary/aromatic N) is 3. The van der Waals surface area contributed by atoms with Gasteiger partial charge in [-0.3, -0.25) is 0 Å². The molecule has 1 N–H and O–H groups in total. The second kappa shape index (κ2) is 4.72. The summed E-state index contributed by atoms with van der Waals surface area (Å²) in [6, 6.07) is 3.73. The first-order chi connectivity index (χ1) is 8.93. The van der Waals surface area contributed by atoms with Gasteiger partial charge in [0.15, 0.2) is 5.69 Å². The van der Waals surface area contributed by atoms with Crippen LogP contribution in [0.3, 0.4) is 0 Å². The molecule has 0 saturated heterocycles. The number of carbonyl (C=O) groups is 1. The first-order valence-electron chi connectivity index (χ1n) is 5.74. The summed E-state index contributed by atoms with van der Waals surface area (Å²) < 4.78 is 5.31. The number of aromatic nitrogens is 3. The van der Waals surface area contributed by atoms with Crippen molar-refractivity contribution in [3.8, 4) is 17.0 Å². The van der Waals surface area contributed by atoms with Crippen LogP contribution in [0.4, 0.5) is 0 Å². The summed E-state index contributed by atoms with van der Waals surface area (Å²) in [6.45, 7) is 3.92. The summed E-state index contributed by atoms with van der Waals surface area (Å²) in [6.07, 6.45) is 0. The van der Waals surface area contributed by atoms with Crippen molar-refractivity contribution >= 4 is 5.97 Å². The van der Waals surface area contributed by atoms with Gasteiger partial charge in [-0.1, -0.05) is 0 Å². The minimum atomic E-state index is -1.11. The van der Waals surface area contributed by atoms with E-state index in [1.165, 1.54) is 4.80 Å². The van der Waals surface area contributed by atoms with Crippen LogP contribution in [-0.4, -0.2) is 33.2 Å². The zero-order valence-electron chi connectivity index (χ0n) is 11.3. The number of rotatable bonds is 3. The zero-order chi connectivity index (χ0) is 14.2. The van der Waals surface area contributed by atoms with Crippen LogP contribution in [0.25, 0.3) is 11.3 Å². The minimum absolute atomic E-state index is 0.0796. The van der Waals surface area contributed by atoms with E-state index in [1.807, 2.05) is 26.0 Å². The number of carboxylic acids is 1. The highest BCUT2D eigenvalue weighted by atomic mass is 16.5.